The fraction of sp³-hybridized carbons (Fsp3) is 0.217. The van der Waals surface area contributed by atoms with Gasteiger partial charge in [0.05, 0.1) is 11.6 Å². The van der Waals surface area contributed by atoms with Crippen molar-refractivity contribution in [3.8, 4) is 11.5 Å². The van der Waals surface area contributed by atoms with E-state index >= 15 is 0 Å². The summed E-state index contributed by atoms with van der Waals surface area (Å²) in [5, 5.41) is 10.9. The van der Waals surface area contributed by atoms with Gasteiger partial charge in [0.1, 0.15) is 24.2 Å². The number of benzene rings is 3. The van der Waals surface area contributed by atoms with Crippen molar-refractivity contribution in [1.29, 1.82) is 0 Å². The molecule has 3 aromatic carbocycles. The van der Waals surface area contributed by atoms with Gasteiger partial charge in [0.2, 0.25) is 0 Å². The molecule has 0 fully saturated rings. The largest absolute Gasteiger partial charge is 0.496 e. The maximum absolute atomic E-state index is 10.9. The minimum absolute atomic E-state index is 0.468. The van der Waals surface area contributed by atoms with Crippen molar-refractivity contribution in [2.24, 2.45) is 0 Å². The Morgan fingerprint density at radius 1 is 0.963 bits per heavy atom. The molecule has 0 spiro atoms. The van der Waals surface area contributed by atoms with Gasteiger partial charge in [-0.15, -0.1) is 0 Å². The maximum Gasteiger partial charge on any atom is 0.137 e. The van der Waals surface area contributed by atoms with Gasteiger partial charge in [-0.05, 0) is 57.1 Å². The lowest BCUT2D eigenvalue weighted by Gasteiger charge is -2.22. The van der Waals surface area contributed by atoms with Gasteiger partial charge in [0.25, 0.3) is 0 Å². The number of aryl methyl sites for hydroxylation is 2. The Labute approximate surface area is 167 Å². The van der Waals surface area contributed by atoms with Gasteiger partial charge in [-0.25, -0.2) is 0 Å². The summed E-state index contributed by atoms with van der Waals surface area (Å²) in [5.74, 6) is 1.29. The maximum atomic E-state index is 10.9. The second-order valence-corrected chi connectivity index (χ2v) is 7.58. The van der Waals surface area contributed by atoms with Crippen LogP contribution >= 0.6 is 15.9 Å². The molecule has 0 radical (unpaired) electrons. The van der Waals surface area contributed by atoms with Gasteiger partial charge in [-0.3, -0.25) is 0 Å². The van der Waals surface area contributed by atoms with Crippen LogP contribution in [0.25, 0.3) is 0 Å². The first-order chi connectivity index (χ1) is 13.2. The van der Waals surface area contributed by atoms with E-state index in [-0.39, 0.29) is 0 Å². The fourth-order valence-corrected chi connectivity index (χ4v) is 3.83. The van der Waals surface area contributed by atoms with Gasteiger partial charge in [-0.2, -0.15) is 0 Å². The van der Waals surface area contributed by atoms with Crippen LogP contribution in [-0.2, 0) is 19.4 Å². The highest BCUT2D eigenvalue weighted by Gasteiger charge is 2.21. The molecule has 0 saturated heterocycles. The number of hydrogen-bond acceptors (Lipinski definition) is 3. The SMILES string of the molecule is COc1cc(OCc2ccccc2)c(Br)cc1C(O)c1ccc2c(c1)CC2. The second-order valence-electron chi connectivity index (χ2n) is 6.73. The third-order valence-electron chi connectivity index (χ3n) is 5.03. The predicted octanol–water partition coefficient (Wildman–Crippen LogP) is 5.22. The number of methoxy groups -OCH3 is 1. The molecule has 0 amide bonds. The Balaban J connectivity index is 1.59. The molecule has 4 rings (SSSR count). The molecule has 0 saturated carbocycles. The van der Waals surface area contributed by atoms with Gasteiger partial charge >= 0.3 is 0 Å². The Kier molecular flexibility index (Phi) is 5.19. The zero-order chi connectivity index (χ0) is 18.8. The molecular weight excluding hydrogens is 404 g/mol. The lowest BCUT2D eigenvalue weighted by molar-refractivity contribution is 0.214. The van der Waals surface area contributed by atoms with Crippen LogP contribution < -0.4 is 9.47 Å². The number of aliphatic hydroxyl groups is 1. The normalized spacial score (nSPS) is 13.4. The van der Waals surface area contributed by atoms with E-state index in [1.807, 2.05) is 48.5 Å². The highest BCUT2D eigenvalue weighted by molar-refractivity contribution is 9.10. The van der Waals surface area contributed by atoms with Crippen LogP contribution in [0, 0.1) is 0 Å². The monoisotopic (exact) mass is 424 g/mol. The van der Waals surface area contributed by atoms with Gasteiger partial charge < -0.3 is 14.6 Å². The molecule has 1 unspecified atom stereocenters. The first kappa shape index (κ1) is 18.1. The molecule has 3 nitrogen and oxygen atoms in total. The van der Waals surface area contributed by atoms with Crippen LogP contribution in [0.15, 0.2) is 65.1 Å². The second kappa shape index (κ2) is 7.75. The number of aliphatic hydroxyl groups excluding tert-OH is 1. The summed E-state index contributed by atoms with van der Waals surface area (Å²) in [6, 6.07) is 19.9. The standard InChI is InChI=1S/C23H21BrO3/c1-26-21-13-22(27-14-15-5-3-2-4-6-15)20(24)12-19(21)23(25)18-10-8-16-7-9-17(16)11-18/h2-6,8,10-13,23,25H,7,9,14H2,1H3. The van der Waals surface area contributed by atoms with E-state index in [2.05, 4.69) is 28.1 Å². The van der Waals surface area contributed by atoms with Crippen molar-refractivity contribution < 1.29 is 14.6 Å². The summed E-state index contributed by atoms with van der Waals surface area (Å²) < 4.78 is 12.3. The summed E-state index contributed by atoms with van der Waals surface area (Å²) in [4.78, 5) is 0. The molecule has 27 heavy (non-hydrogen) atoms. The van der Waals surface area contributed by atoms with E-state index in [0.717, 1.165) is 34.0 Å². The van der Waals surface area contributed by atoms with Crippen LogP contribution in [0.3, 0.4) is 0 Å². The Morgan fingerprint density at radius 2 is 1.74 bits per heavy atom. The molecule has 1 atom stereocenters. The van der Waals surface area contributed by atoms with Crippen LogP contribution in [0.2, 0.25) is 0 Å². The molecule has 1 aliphatic rings. The number of fused-ring (bicyclic) bond motifs is 1. The Bertz CT molecular complexity index is 953. The first-order valence-electron chi connectivity index (χ1n) is 8.99. The zero-order valence-corrected chi connectivity index (χ0v) is 16.7. The fourth-order valence-electron chi connectivity index (χ4n) is 3.35. The third kappa shape index (κ3) is 3.73. The summed E-state index contributed by atoms with van der Waals surface area (Å²) >= 11 is 3.57. The molecule has 138 valence electrons. The molecule has 0 aromatic heterocycles. The minimum atomic E-state index is -0.745. The summed E-state index contributed by atoms with van der Waals surface area (Å²) in [6.07, 6.45) is 1.47. The molecule has 3 aromatic rings. The number of halogens is 1. The van der Waals surface area contributed by atoms with Crippen molar-refractivity contribution in [2.45, 2.75) is 25.6 Å². The topological polar surface area (TPSA) is 38.7 Å². The zero-order valence-electron chi connectivity index (χ0n) is 15.1. The van der Waals surface area contributed by atoms with Crippen molar-refractivity contribution in [3.63, 3.8) is 0 Å². The summed E-state index contributed by atoms with van der Waals surface area (Å²) in [6.45, 7) is 0.468. The highest BCUT2D eigenvalue weighted by Crippen LogP contribution is 2.39. The van der Waals surface area contributed by atoms with E-state index in [4.69, 9.17) is 9.47 Å². The first-order valence-corrected chi connectivity index (χ1v) is 9.79. The lowest BCUT2D eigenvalue weighted by atomic mass is 9.85. The highest BCUT2D eigenvalue weighted by atomic mass is 79.9. The number of hydrogen-bond donors (Lipinski definition) is 1. The van der Waals surface area contributed by atoms with Crippen LogP contribution in [0.4, 0.5) is 0 Å². The quantitative estimate of drug-likeness (QED) is 0.589. The van der Waals surface area contributed by atoms with Crippen molar-refractivity contribution >= 4 is 15.9 Å². The van der Waals surface area contributed by atoms with Crippen molar-refractivity contribution in [1.82, 2.24) is 0 Å². The molecule has 0 heterocycles. The van der Waals surface area contributed by atoms with E-state index < -0.39 is 6.10 Å². The van der Waals surface area contributed by atoms with E-state index in [1.54, 1.807) is 7.11 Å². The van der Waals surface area contributed by atoms with E-state index in [1.165, 1.54) is 11.1 Å². The predicted molar refractivity (Wildman–Crippen MR) is 109 cm³/mol. The van der Waals surface area contributed by atoms with Crippen LogP contribution in [0.1, 0.15) is 33.9 Å². The Morgan fingerprint density at radius 3 is 2.41 bits per heavy atom. The summed E-state index contributed by atoms with van der Waals surface area (Å²) in [7, 11) is 1.61. The van der Waals surface area contributed by atoms with Gasteiger partial charge in [0, 0.05) is 11.6 Å². The third-order valence-corrected chi connectivity index (χ3v) is 5.65. The van der Waals surface area contributed by atoms with E-state index in [0.29, 0.717) is 18.1 Å². The Hall–Kier alpha value is -2.30. The molecule has 0 bridgehead atoms. The summed E-state index contributed by atoms with van der Waals surface area (Å²) in [5.41, 5.74) is 5.40. The average Bonchev–Trinajstić information content (AvgIpc) is 2.68. The van der Waals surface area contributed by atoms with Gasteiger partial charge in [-0.1, -0.05) is 48.5 Å². The molecule has 0 aliphatic heterocycles. The molecule has 1 N–H and O–H groups in total. The van der Waals surface area contributed by atoms with Crippen molar-refractivity contribution in [2.75, 3.05) is 7.11 Å². The van der Waals surface area contributed by atoms with Crippen LogP contribution in [0.5, 0.6) is 11.5 Å². The lowest BCUT2D eigenvalue weighted by Crippen LogP contribution is -2.11. The van der Waals surface area contributed by atoms with Gasteiger partial charge in [0.15, 0.2) is 0 Å². The number of rotatable bonds is 6. The smallest absolute Gasteiger partial charge is 0.137 e. The van der Waals surface area contributed by atoms with Crippen molar-refractivity contribution in [3.05, 3.63) is 93.0 Å². The number of ether oxygens (including phenoxy) is 2. The van der Waals surface area contributed by atoms with E-state index in [9.17, 15) is 5.11 Å². The molecule has 4 heteroatoms. The average molecular weight is 425 g/mol. The molecule has 1 aliphatic carbocycles. The minimum Gasteiger partial charge on any atom is -0.496 e. The molecular formula is C23H21BrO3. The van der Waals surface area contributed by atoms with Crippen LogP contribution in [-0.4, -0.2) is 12.2 Å².